The van der Waals surface area contributed by atoms with E-state index in [1.54, 1.807) is 0 Å². The third-order valence-electron chi connectivity index (χ3n) is 6.36. The van der Waals surface area contributed by atoms with Crippen molar-refractivity contribution in [3.63, 3.8) is 0 Å². The Morgan fingerprint density at radius 1 is 0.676 bits per heavy atom. The van der Waals surface area contributed by atoms with Gasteiger partial charge in [0.1, 0.15) is 6.54 Å². The SMILES string of the molecule is CC(C)CCCCCCCCCCCCCCCCCCC(=O)OC(CC(=O)O)C[N+](C)(C)C. The first-order valence-electron chi connectivity index (χ1n) is 14.3. The molecular weight excluding hydrogens is 426 g/mol. The van der Waals surface area contributed by atoms with Gasteiger partial charge < -0.3 is 14.3 Å². The monoisotopic (exact) mass is 484 g/mol. The highest BCUT2D eigenvalue weighted by atomic mass is 16.5. The lowest BCUT2D eigenvalue weighted by Crippen LogP contribution is -2.43. The summed E-state index contributed by atoms with van der Waals surface area (Å²) in [5.74, 6) is -0.319. The zero-order chi connectivity index (χ0) is 25.7. The van der Waals surface area contributed by atoms with Crippen molar-refractivity contribution in [1.82, 2.24) is 0 Å². The molecule has 202 valence electrons. The Morgan fingerprint density at radius 2 is 1.06 bits per heavy atom. The zero-order valence-electron chi connectivity index (χ0n) is 23.4. The van der Waals surface area contributed by atoms with Crippen molar-refractivity contribution >= 4 is 11.9 Å². The van der Waals surface area contributed by atoms with Crippen LogP contribution in [0.5, 0.6) is 0 Å². The van der Waals surface area contributed by atoms with Crippen LogP contribution in [0, 0.1) is 5.92 Å². The molecule has 0 heterocycles. The molecule has 1 atom stereocenters. The van der Waals surface area contributed by atoms with Gasteiger partial charge in [-0.3, -0.25) is 9.59 Å². The van der Waals surface area contributed by atoms with Crippen molar-refractivity contribution in [3.8, 4) is 0 Å². The Hall–Kier alpha value is -1.10. The van der Waals surface area contributed by atoms with Crippen molar-refractivity contribution in [2.75, 3.05) is 27.7 Å². The molecule has 5 nitrogen and oxygen atoms in total. The summed E-state index contributed by atoms with van der Waals surface area (Å²) >= 11 is 0. The number of carbonyl (C=O) groups is 2. The fourth-order valence-electron chi connectivity index (χ4n) is 4.49. The molecule has 0 aromatic carbocycles. The van der Waals surface area contributed by atoms with Crippen LogP contribution >= 0.6 is 0 Å². The summed E-state index contributed by atoms with van der Waals surface area (Å²) in [7, 11) is 5.92. The Morgan fingerprint density at radius 3 is 1.41 bits per heavy atom. The lowest BCUT2D eigenvalue weighted by Gasteiger charge is -2.28. The second kappa shape index (κ2) is 21.2. The van der Waals surface area contributed by atoms with Gasteiger partial charge in [-0.2, -0.15) is 0 Å². The minimum Gasteiger partial charge on any atom is -0.481 e. The summed E-state index contributed by atoms with van der Waals surface area (Å²) in [6.45, 7) is 5.15. The second-order valence-corrected chi connectivity index (χ2v) is 11.8. The average Bonchev–Trinajstić information content (AvgIpc) is 2.70. The molecule has 0 aliphatic heterocycles. The number of unbranched alkanes of at least 4 members (excludes halogenated alkanes) is 15. The van der Waals surface area contributed by atoms with Gasteiger partial charge in [0, 0.05) is 6.42 Å². The quantitative estimate of drug-likeness (QED) is 0.0863. The lowest BCUT2D eigenvalue weighted by molar-refractivity contribution is -0.873. The normalized spacial score (nSPS) is 12.8. The van der Waals surface area contributed by atoms with E-state index >= 15 is 0 Å². The number of ether oxygens (including phenoxy) is 1. The number of carbonyl (C=O) groups excluding carboxylic acids is 1. The third-order valence-corrected chi connectivity index (χ3v) is 6.36. The van der Waals surface area contributed by atoms with Gasteiger partial charge in [-0.05, 0) is 12.3 Å². The molecule has 5 heteroatoms. The first-order chi connectivity index (χ1) is 16.1. The van der Waals surface area contributed by atoms with E-state index in [4.69, 9.17) is 9.84 Å². The number of hydrogen-bond donors (Lipinski definition) is 1. The van der Waals surface area contributed by atoms with Gasteiger partial charge in [-0.25, -0.2) is 0 Å². The molecule has 0 amide bonds. The van der Waals surface area contributed by atoms with E-state index in [1.165, 1.54) is 96.3 Å². The molecule has 0 radical (unpaired) electrons. The number of likely N-dealkylation sites (N-methyl/N-ethyl adjacent to an activating group) is 1. The van der Waals surface area contributed by atoms with Gasteiger partial charge in [-0.15, -0.1) is 0 Å². The summed E-state index contributed by atoms with van der Waals surface area (Å²) < 4.78 is 6.01. The van der Waals surface area contributed by atoms with Crippen LogP contribution in [0.1, 0.15) is 136 Å². The predicted octanol–water partition coefficient (Wildman–Crippen LogP) is 7.76. The van der Waals surface area contributed by atoms with Crippen LogP contribution < -0.4 is 0 Å². The number of nitrogens with zero attached hydrogens (tertiary/aromatic N) is 1. The number of quaternary nitrogens is 1. The second-order valence-electron chi connectivity index (χ2n) is 11.8. The molecule has 1 N–H and O–H groups in total. The summed E-state index contributed by atoms with van der Waals surface area (Å²) in [6.07, 6.45) is 22.1. The number of esters is 1. The molecule has 0 saturated carbocycles. The predicted molar refractivity (Wildman–Crippen MR) is 143 cm³/mol. The first-order valence-corrected chi connectivity index (χ1v) is 14.3. The maximum atomic E-state index is 12.1. The van der Waals surface area contributed by atoms with Crippen LogP contribution in [0.2, 0.25) is 0 Å². The maximum absolute atomic E-state index is 12.1. The minimum absolute atomic E-state index is 0.125. The van der Waals surface area contributed by atoms with Gasteiger partial charge in [0.25, 0.3) is 0 Å². The van der Waals surface area contributed by atoms with Crippen molar-refractivity contribution < 1.29 is 23.9 Å². The highest BCUT2D eigenvalue weighted by Gasteiger charge is 2.24. The lowest BCUT2D eigenvalue weighted by atomic mass is 10.0. The molecular formula is C29H58NO4+. The number of rotatable bonds is 24. The van der Waals surface area contributed by atoms with E-state index in [0.717, 1.165) is 18.8 Å². The fourth-order valence-corrected chi connectivity index (χ4v) is 4.49. The summed E-state index contributed by atoms with van der Waals surface area (Å²) in [4.78, 5) is 23.1. The summed E-state index contributed by atoms with van der Waals surface area (Å²) in [5.41, 5.74) is 0. The van der Waals surface area contributed by atoms with Crippen LogP contribution in [0.3, 0.4) is 0 Å². The van der Waals surface area contributed by atoms with Crippen molar-refractivity contribution in [3.05, 3.63) is 0 Å². The minimum atomic E-state index is -0.922. The van der Waals surface area contributed by atoms with E-state index in [2.05, 4.69) is 13.8 Å². The van der Waals surface area contributed by atoms with Gasteiger partial charge in [0.15, 0.2) is 6.10 Å². The van der Waals surface area contributed by atoms with Crippen molar-refractivity contribution in [2.45, 2.75) is 142 Å². The third kappa shape index (κ3) is 25.5. The average molecular weight is 485 g/mol. The van der Waals surface area contributed by atoms with E-state index in [-0.39, 0.29) is 12.4 Å². The Balaban J connectivity index is 3.46. The van der Waals surface area contributed by atoms with Crippen LogP contribution in [0.15, 0.2) is 0 Å². The first kappa shape index (κ1) is 32.9. The smallest absolute Gasteiger partial charge is 0.307 e. The zero-order valence-corrected chi connectivity index (χ0v) is 23.4. The van der Waals surface area contributed by atoms with E-state index in [0.29, 0.717) is 17.4 Å². The highest BCUT2D eigenvalue weighted by molar-refractivity contribution is 5.71. The van der Waals surface area contributed by atoms with E-state index < -0.39 is 12.1 Å². The molecule has 0 aliphatic rings. The van der Waals surface area contributed by atoms with Gasteiger partial charge in [0.2, 0.25) is 0 Å². The molecule has 34 heavy (non-hydrogen) atoms. The molecule has 0 fully saturated rings. The van der Waals surface area contributed by atoms with Crippen LogP contribution in [0.25, 0.3) is 0 Å². The van der Waals surface area contributed by atoms with Gasteiger partial charge >= 0.3 is 11.9 Å². The molecule has 1 unspecified atom stereocenters. The molecule has 0 rings (SSSR count). The topological polar surface area (TPSA) is 63.6 Å². The fraction of sp³-hybridized carbons (Fsp3) is 0.931. The molecule has 0 spiro atoms. The molecule has 0 aromatic heterocycles. The van der Waals surface area contributed by atoms with Crippen molar-refractivity contribution in [2.24, 2.45) is 5.92 Å². The Bertz CT molecular complexity index is 499. The van der Waals surface area contributed by atoms with Gasteiger partial charge in [-0.1, -0.05) is 117 Å². The van der Waals surface area contributed by atoms with Crippen LogP contribution in [-0.2, 0) is 14.3 Å². The van der Waals surface area contributed by atoms with Crippen LogP contribution in [0.4, 0.5) is 0 Å². The molecule has 0 aromatic rings. The molecule has 0 saturated heterocycles. The van der Waals surface area contributed by atoms with Crippen molar-refractivity contribution in [1.29, 1.82) is 0 Å². The number of hydrogen-bond acceptors (Lipinski definition) is 3. The standard InChI is InChI=1S/C29H57NO4/c1-26(2)22-20-18-16-14-12-10-8-6-7-9-11-13-15-17-19-21-23-29(33)34-27(24-28(31)32)25-30(3,4)5/h26-27H,6-25H2,1-5H3/p+1. The van der Waals surface area contributed by atoms with E-state index in [9.17, 15) is 9.59 Å². The largest absolute Gasteiger partial charge is 0.481 e. The maximum Gasteiger partial charge on any atom is 0.307 e. The van der Waals surface area contributed by atoms with Crippen LogP contribution in [-0.4, -0.2) is 55.3 Å². The summed E-state index contributed by atoms with van der Waals surface area (Å²) in [5, 5.41) is 9.04. The van der Waals surface area contributed by atoms with E-state index in [1.807, 2.05) is 21.1 Å². The molecule has 0 aliphatic carbocycles. The highest BCUT2D eigenvalue weighted by Crippen LogP contribution is 2.15. The van der Waals surface area contributed by atoms with Gasteiger partial charge in [0.05, 0.1) is 27.6 Å². The Kier molecular flexibility index (Phi) is 20.5. The number of carboxylic acids is 1. The number of aliphatic carboxylic acids is 1. The number of carboxylic acid groups (broad SMARTS) is 1. The molecule has 0 bridgehead atoms. The Labute approximate surface area is 211 Å². The summed E-state index contributed by atoms with van der Waals surface area (Å²) in [6, 6.07) is 0.